The van der Waals surface area contributed by atoms with Crippen molar-refractivity contribution in [3.8, 4) is 5.75 Å². The molecule has 0 unspecified atom stereocenters. The highest BCUT2D eigenvalue weighted by molar-refractivity contribution is 6.26. The van der Waals surface area contributed by atoms with Gasteiger partial charge in [0.1, 0.15) is 11.3 Å². The fraction of sp³-hybridized carbons (Fsp3) is 0.111. The molecule has 0 spiro atoms. The molecular formula is C18H16O4. The number of Topliss-reactive ketones (excluding diaryl/α,β-unsaturated/α-hetero) is 1. The van der Waals surface area contributed by atoms with Gasteiger partial charge < -0.3 is 9.47 Å². The van der Waals surface area contributed by atoms with Crippen LogP contribution in [-0.4, -0.2) is 26.0 Å². The van der Waals surface area contributed by atoms with E-state index < -0.39 is 11.8 Å². The molecule has 2 rings (SSSR count). The molecule has 0 fully saturated rings. The number of benzene rings is 2. The molecule has 0 saturated carbocycles. The fourth-order valence-electron chi connectivity index (χ4n) is 1.94. The molecule has 0 aliphatic heterocycles. The summed E-state index contributed by atoms with van der Waals surface area (Å²) >= 11 is 0. The van der Waals surface area contributed by atoms with Gasteiger partial charge in [-0.15, -0.1) is 0 Å². The van der Waals surface area contributed by atoms with Crippen molar-refractivity contribution in [1.29, 1.82) is 0 Å². The summed E-state index contributed by atoms with van der Waals surface area (Å²) in [6.45, 7) is 0. The molecule has 22 heavy (non-hydrogen) atoms. The van der Waals surface area contributed by atoms with Crippen molar-refractivity contribution in [3.05, 3.63) is 71.3 Å². The van der Waals surface area contributed by atoms with E-state index in [0.717, 1.165) is 5.56 Å². The molecule has 4 heteroatoms. The molecule has 0 heterocycles. The van der Waals surface area contributed by atoms with Crippen LogP contribution in [0.15, 0.2) is 60.2 Å². The second-order valence-electron chi connectivity index (χ2n) is 4.52. The van der Waals surface area contributed by atoms with Crippen molar-refractivity contribution >= 4 is 17.8 Å². The Hall–Kier alpha value is -2.88. The van der Waals surface area contributed by atoms with Crippen LogP contribution in [0.3, 0.4) is 0 Å². The first-order chi connectivity index (χ1) is 10.7. The van der Waals surface area contributed by atoms with Crippen LogP contribution in [0.1, 0.15) is 15.9 Å². The number of carbonyl (C=O) groups excluding carboxylic acids is 2. The van der Waals surface area contributed by atoms with Crippen LogP contribution in [0.5, 0.6) is 5.75 Å². The van der Waals surface area contributed by atoms with E-state index in [4.69, 9.17) is 9.47 Å². The summed E-state index contributed by atoms with van der Waals surface area (Å²) in [6, 6.07) is 15.7. The van der Waals surface area contributed by atoms with Gasteiger partial charge in [-0.05, 0) is 35.9 Å². The fourth-order valence-corrected chi connectivity index (χ4v) is 1.94. The second kappa shape index (κ2) is 7.22. The second-order valence-corrected chi connectivity index (χ2v) is 4.52. The van der Waals surface area contributed by atoms with Gasteiger partial charge in [0.05, 0.1) is 14.2 Å². The number of ketones is 1. The third-order valence-corrected chi connectivity index (χ3v) is 3.11. The molecule has 4 nitrogen and oxygen atoms in total. The summed E-state index contributed by atoms with van der Waals surface area (Å²) in [7, 11) is 2.80. The summed E-state index contributed by atoms with van der Waals surface area (Å²) in [6.07, 6.45) is 1.53. The van der Waals surface area contributed by atoms with Gasteiger partial charge in [-0.3, -0.25) is 4.79 Å². The minimum atomic E-state index is -0.662. The molecule has 0 N–H and O–H groups in total. The normalized spacial score (nSPS) is 10.9. The summed E-state index contributed by atoms with van der Waals surface area (Å²) < 4.78 is 9.78. The van der Waals surface area contributed by atoms with E-state index in [1.165, 1.54) is 13.2 Å². The predicted molar refractivity (Wildman–Crippen MR) is 83.8 cm³/mol. The van der Waals surface area contributed by atoms with Crippen molar-refractivity contribution < 1.29 is 19.1 Å². The summed E-state index contributed by atoms with van der Waals surface area (Å²) in [5.74, 6) is -0.411. The van der Waals surface area contributed by atoms with E-state index in [9.17, 15) is 9.59 Å². The number of methoxy groups -OCH3 is 2. The van der Waals surface area contributed by atoms with E-state index in [1.807, 2.05) is 30.3 Å². The zero-order valence-corrected chi connectivity index (χ0v) is 12.4. The average molecular weight is 296 g/mol. The number of rotatable bonds is 5. The Morgan fingerprint density at radius 2 is 1.55 bits per heavy atom. The molecule has 0 bridgehead atoms. The molecule has 0 aromatic heterocycles. The number of ether oxygens (including phenoxy) is 2. The molecule has 0 radical (unpaired) electrons. The zero-order chi connectivity index (χ0) is 15.9. The van der Waals surface area contributed by atoms with E-state index in [1.54, 1.807) is 31.4 Å². The largest absolute Gasteiger partial charge is 0.497 e. The Morgan fingerprint density at radius 1 is 0.909 bits per heavy atom. The van der Waals surface area contributed by atoms with Crippen LogP contribution in [0, 0.1) is 0 Å². The quantitative estimate of drug-likeness (QED) is 0.280. The van der Waals surface area contributed by atoms with Crippen molar-refractivity contribution in [3.63, 3.8) is 0 Å². The van der Waals surface area contributed by atoms with Gasteiger partial charge in [0.25, 0.3) is 0 Å². The topological polar surface area (TPSA) is 52.6 Å². The van der Waals surface area contributed by atoms with Gasteiger partial charge in [0, 0.05) is 5.56 Å². The minimum absolute atomic E-state index is 0.0149. The standard InChI is InChI=1S/C18H16O4/c1-21-15-10-8-14(9-11-15)17(19)16(18(20)22-2)12-13-6-4-3-5-7-13/h3-12H,1-2H3/b16-12-. The van der Waals surface area contributed by atoms with Crippen molar-refractivity contribution in [1.82, 2.24) is 0 Å². The van der Waals surface area contributed by atoms with E-state index in [2.05, 4.69) is 0 Å². The monoisotopic (exact) mass is 296 g/mol. The van der Waals surface area contributed by atoms with Crippen LogP contribution >= 0.6 is 0 Å². The lowest BCUT2D eigenvalue weighted by molar-refractivity contribution is -0.135. The molecule has 0 aliphatic carbocycles. The third-order valence-electron chi connectivity index (χ3n) is 3.11. The highest BCUT2D eigenvalue weighted by Crippen LogP contribution is 2.17. The highest BCUT2D eigenvalue weighted by Gasteiger charge is 2.20. The van der Waals surface area contributed by atoms with Gasteiger partial charge in [-0.25, -0.2) is 4.79 Å². The molecule has 0 aliphatic rings. The Morgan fingerprint density at radius 3 is 2.09 bits per heavy atom. The van der Waals surface area contributed by atoms with Crippen LogP contribution in [0.25, 0.3) is 6.08 Å². The van der Waals surface area contributed by atoms with Crippen LogP contribution in [0.4, 0.5) is 0 Å². The van der Waals surface area contributed by atoms with Crippen molar-refractivity contribution in [2.75, 3.05) is 14.2 Å². The van der Waals surface area contributed by atoms with Gasteiger partial charge in [-0.2, -0.15) is 0 Å². The van der Waals surface area contributed by atoms with E-state index in [0.29, 0.717) is 11.3 Å². The molecule has 112 valence electrons. The van der Waals surface area contributed by atoms with E-state index in [-0.39, 0.29) is 5.57 Å². The van der Waals surface area contributed by atoms with Crippen LogP contribution in [-0.2, 0) is 9.53 Å². The Balaban J connectivity index is 2.38. The molecule has 0 saturated heterocycles. The van der Waals surface area contributed by atoms with Crippen LogP contribution in [0.2, 0.25) is 0 Å². The van der Waals surface area contributed by atoms with Gasteiger partial charge in [-0.1, -0.05) is 30.3 Å². The maximum atomic E-state index is 12.5. The number of esters is 1. The highest BCUT2D eigenvalue weighted by atomic mass is 16.5. The SMILES string of the molecule is COC(=O)/C(=C\c1ccccc1)C(=O)c1ccc(OC)cc1. The first kappa shape index (κ1) is 15.5. The van der Waals surface area contributed by atoms with Gasteiger partial charge >= 0.3 is 5.97 Å². The average Bonchev–Trinajstić information content (AvgIpc) is 2.59. The van der Waals surface area contributed by atoms with Crippen molar-refractivity contribution in [2.24, 2.45) is 0 Å². The summed E-state index contributed by atoms with van der Waals surface area (Å²) in [5, 5.41) is 0. The molecule has 0 atom stereocenters. The lowest BCUT2D eigenvalue weighted by Crippen LogP contribution is -2.14. The van der Waals surface area contributed by atoms with E-state index >= 15 is 0 Å². The molecular weight excluding hydrogens is 280 g/mol. The van der Waals surface area contributed by atoms with Gasteiger partial charge in [0.15, 0.2) is 5.78 Å². The first-order valence-electron chi connectivity index (χ1n) is 6.69. The molecule has 2 aromatic carbocycles. The lowest BCUT2D eigenvalue weighted by Gasteiger charge is -2.06. The predicted octanol–water partition coefficient (Wildman–Crippen LogP) is 3.13. The summed E-state index contributed by atoms with van der Waals surface area (Å²) in [4.78, 5) is 24.5. The van der Waals surface area contributed by atoms with Crippen molar-refractivity contribution in [2.45, 2.75) is 0 Å². The third kappa shape index (κ3) is 3.61. The zero-order valence-electron chi connectivity index (χ0n) is 12.4. The minimum Gasteiger partial charge on any atom is -0.497 e. The Bertz CT molecular complexity index is 685. The Labute approximate surface area is 129 Å². The Kier molecular flexibility index (Phi) is 5.09. The smallest absolute Gasteiger partial charge is 0.341 e. The summed E-state index contributed by atoms with van der Waals surface area (Å²) in [5.41, 5.74) is 1.14. The molecule has 0 amide bonds. The maximum Gasteiger partial charge on any atom is 0.341 e. The number of hydrogen-bond donors (Lipinski definition) is 0. The van der Waals surface area contributed by atoms with Crippen LogP contribution < -0.4 is 4.74 Å². The lowest BCUT2D eigenvalue weighted by atomic mass is 10.0. The first-order valence-corrected chi connectivity index (χ1v) is 6.69. The number of hydrogen-bond acceptors (Lipinski definition) is 4. The van der Waals surface area contributed by atoms with Gasteiger partial charge in [0.2, 0.25) is 0 Å². The molecule has 2 aromatic rings. The maximum absolute atomic E-state index is 12.5. The number of carbonyl (C=O) groups is 2.